The van der Waals surface area contributed by atoms with Crippen LogP contribution in [0.5, 0.6) is 5.75 Å². The van der Waals surface area contributed by atoms with E-state index in [1.54, 1.807) is 7.05 Å². The standard InChI is InChI=1S/C18H25N3O2S/c1-12-7-3-4-8-13(12)20-18(24)21-11-16(17(22)19-2)23-15-10-6-5-9-14(15)21/h5-6,9-10,12-13,16H,3-4,7-8,11H2,1-2H3,(H,19,22)(H,20,24)/t12-,13+,16-/m1/s1. The van der Waals surface area contributed by atoms with Crippen molar-refractivity contribution in [1.82, 2.24) is 10.6 Å². The van der Waals surface area contributed by atoms with Gasteiger partial charge >= 0.3 is 0 Å². The quantitative estimate of drug-likeness (QED) is 0.805. The number of anilines is 1. The van der Waals surface area contributed by atoms with Crippen LogP contribution in [0.4, 0.5) is 5.69 Å². The van der Waals surface area contributed by atoms with Gasteiger partial charge in [-0.05, 0) is 43.1 Å². The molecule has 6 heteroatoms. The van der Waals surface area contributed by atoms with Crippen molar-refractivity contribution in [2.24, 2.45) is 5.92 Å². The molecule has 1 aliphatic heterocycles. The zero-order valence-corrected chi connectivity index (χ0v) is 15.1. The lowest BCUT2D eigenvalue weighted by atomic mass is 9.86. The minimum atomic E-state index is -0.562. The lowest BCUT2D eigenvalue weighted by Crippen LogP contribution is -2.55. The maximum atomic E-state index is 12.1. The van der Waals surface area contributed by atoms with E-state index in [1.165, 1.54) is 19.3 Å². The van der Waals surface area contributed by atoms with Gasteiger partial charge in [-0.25, -0.2) is 0 Å². The number of carbonyl (C=O) groups is 1. The van der Waals surface area contributed by atoms with Crippen LogP contribution in [0.3, 0.4) is 0 Å². The van der Waals surface area contributed by atoms with Gasteiger partial charge in [0.05, 0.1) is 12.2 Å². The van der Waals surface area contributed by atoms with Crippen molar-refractivity contribution in [3.63, 3.8) is 0 Å². The highest BCUT2D eigenvalue weighted by Gasteiger charge is 2.33. The van der Waals surface area contributed by atoms with E-state index in [0.717, 1.165) is 12.1 Å². The van der Waals surface area contributed by atoms with E-state index in [1.807, 2.05) is 29.2 Å². The van der Waals surface area contributed by atoms with Gasteiger partial charge in [0, 0.05) is 13.1 Å². The van der Waals surface area contributed by atoms with E-state index in [0.29, 0.717) is 29.4 Å². The Morgan fingerprint density at radius 1 is 1.29 bits per heavy atom. The van der Waals surface area contributed by atoms with Crippen LogP contribution < -0.4 is 20.3 Å². The smallest absolute Gasteiger partial charge is 0.262 e. The normalized spacial score (nSPS) is 26.1. The van der Waals surface area contributed by atoms with Gasteiger partial charge in [-0.3, -0.25) is 4.79 Å². The number of hydrogen-bond acceptors (Lipinski definition) is 3. The first kappa shape index (κ1) is 17.0. The summed E-state index contributed by atoms with van der Waals surface area (Å²) in [7, 11) is 1.62. The fourth-order valence-corrected chi connectivity index (χ4v) is 3.82. The second-order valence-corrected chi connectivity index (χ2v) is 7.00. The van der Waals surface area contributed by atoms with Gasteiger partial charge in [0.15, 0.2) is 11.2 Å². The van der Waals surface area contributed by atoms with Crippen LogP contribution in [0.2, 0.25) is 0 Å². The van der Waals surface area contributed by atoms with E-state index in [9.17, 15) is 4.79 Å². The predicted octanol–water partition coefficient (Wildman–Crippen LogP) is 2.45. The molecule has 24 heavy (non-hydrogen) atoms. The number of nitrogens with zero attached hydrogens (tertiary/aromatic N) is 1. The summed E-state index contributed by atoms with van der Waals surface area (Å²) in [5.41, 5.74) is 0.915. The van der Waals surface area contributed by atoms with E-state index < -0.39 is 6.10 Å². The SMILES string of the molecule is CNC(=O)[C@H]1CN(C(=S)N[C@H]2CCCC[C@H]2C)c2ccccc2O1. The molecule has 1 saturated carbocycles. The lowest BCUT2D eigenvalue weighted by Gasteiger charge is -2.38. The first-order valence-corrected chi connectivity index (χ1v) is 9.06. The third kappa shape index (κ3) is 3.48. The molecule has 3 rings (SSSR count). The number of rotatable bonds is 2. The summed E-state index contributed by atoms with van der Waals surface area (Å²) in [6.07, 6.45) is 4.36. The largest absolute Gasteiger partial charge is 0.477 e. The molecule has 1 fully saturated rings. The molecule has 1 aromatic carbocycles. The minimum Gasteiger partial charge on any atom is -0.477 e. The zero-order chi connectivity index (χ0) is 17.1. The number of nitrogens with one attached hydrogen (secondary N) is 2. The summed E-state index contributed by atoms with van der Waals surface area (Å²) in [5, 5.41) is 6.87. The Labute approximate surface area is 148 Å². The van der Waals surface area contributed by atoms with E-state index in [4.69, 9.17) is 17.0 Å². The second kappa shape index (κ2) is 7.38. The predicted molar refractivity (Wildman–Crippen MR) is 99.4 cm³/mol. The summed E-state index contributed by atoms with van der Waals surface area (Å²) < 4.78 is 5.84. The molecule has 0 saturated heterocycles. The maximum Gasteiger partial charge on any atom is 0.262 e. The Morgan fingerprint density at radius 3 is 2.79 bits per heavy atom. The van der Waals surface area contributed by atoms with Gasteiger partial charge in [-0.1, -0.05) is 31.9 Å². The number of hydrogen-bond donors (Lipinski definition) is 2. The van der Waals surface area contributed by atoms with Crippen molar-refractivity contribution in [3.05, 3.63) is 24.3 Å². The van der Waals surface area contributed by atoms with Crippen molar-refractivity contribution in [3.8, 4) is 5.75 Å². The fraction of sp³-hybridized carbons (Fsp3) is 0.556. The average molecular weight is 347 g/mol. The number of thiocarbonyl (C=S) groups is 1. The average Bonchev–Trinajstić information content (AvgIpc) is 2.61. The molecule has 0 spiro atoms. The van der Waals surface area contributed by atoms with Crippen molar-refractivity contribution in [2.45, 2.75) is 44.8 Å². The molecule has 2 N–H and O–H groups in total. The Hall–Kier alpha value is -1.82. The van der Waals surface area contributed by atoms with Crippen LogP contribution in [0.15, 0.2) is 24.3 Å². The van der Waals surface area contributed by atoms with Crippen LogP contribution in [0, 0.1) is 5.92 Å². The Balaban J connectivity index is 1.79. The molecule has 3 atom stereocenters. The lowest BCUT2D eigenvalue weighted by molar-refractivity contribution is -0.127. The van der Waals surface area contributed by atoms with Gasteiger partial charge in [0.1, 0.15) is 5.75 Å². The summed E-state index contributed by atoms with van der Waals surface area (Å²) in [5.74, 6) is 1.17. The van der Waals surface area contributed by atoms with Crippen molar-refractivity contribution < 1.29 is 9.53 Å². The molecule has 130 valence electrons. The summed E-state index contributed by atoms with van der Waals surface area (Å²) in [6.45, 7) is 2.70. The zero-order valence-electron chi connectivity index (χ0n) is 14.2. The first-order chi connectivity index (χ1) is 11.6. The van der Waals surface area contributed by atoms with Crippen molar-refractivity contribution >= 4 is 28.9 Å². The highest BCUT2D eigenvalue weighted by atomic mass is 32.1. The van der Waals surface area contributed by atoms with Crippen LogP contribution >= 0.6 is 12.2 Å². The number of ether oxygens (including phenoxy) is 1. The molecule has 1 aliphatic carbocycles. The van der Waals surface area contributed by atoms with Gasteiger partial charge in [-0.15, -0.1) is 0 Å². The molecular weight excluding hydrogens is 322 g/mol. The van der Waals surface area contributed by atoms with Crippen molar-refractivity contribution in [2.75, 3.05) is 18.5 Å². The molecule has 1 amide bonds. The monoisotopic (exact) mass is 347 g/mol. The van der Waals surface area contributed by atoms with E-state index in [2.05, 4.69) is 17.6 Å². The van der Waals surface area contributed by atoms with Crippen LogP contribution in [0.25, 0.3) is 0 Å². The fourth-order valence-electron chi connectivity index (χ4n) is 3.49. The Kier molecular flexibility index (Phi) is 5.23. The molecule has 0 aromatic heterocycles. The van der Waals surface area contributed by atoms with Crippen LogP contribution in [0.1, 0.15) is 32.6 Å². The maximum absolute atomic E-state index is 12.1. The molecule has 0 unspecified atom stereocenters. The third-order valence-electron chi connectivity index (χ3n) is 4.98. The summed E-state index contributed by atoms with van der Waals surface area (Å²) >= 11 is 5.69. The molecule has 1 heterocycles. The van der Waals surface area contributed by atoms with Crippen LogP contribution in [-0.4, -0.2) is 36.8 Å². The number of fused-ring (bicyclic) bond motifs is 1. The van der Waals surface area contributed by atoms with Gasteiger partial charge in [0.25, 0.3) is 5.91 Å². The second-order valence-electron chi connectivity index (χ2n) is 6.62. The minimum absolute atomic E-state index is 0.136. The highest BCUT2D eigenvalue weighted by Crippen LogP contribution is 2.33. The topological polar surface area (TPSA) is 53.6 Å². The van der Waals surface area contributed by atoms with E-state index in [-0.39, 0.29) is 5.91 Å². The van der Waals surface area contributed by atoms with Crippen LogP contribution in [-0.2, 0) is 4.79 Å². The number of carbonyl (C=O) groups excluding carboxylic acids is 1. The third-order valence-corrected chi connectivity index (χ3v) is 5.32. The molecule has 1 aromatic rings. The number of likely N-dealkylation sites (N-methyl/N-ethyl adjacent to an activating group) is 1. The molecule has 5 nitrogen and oxygen atoms in total. The summed E-state index contributed by atoms with van der Waals surface area (Å²) in [4.78, 5) is 14.1. The van der Waals surface area contributed by atoms with E-state index >= 15 is 0 Å². The van der Waals surface area contributed by atoms with Gasteiger partial charge in [-0.2, -0.15) is 0 Å². The summed E-state index contributed by atoms with van der Waals surface area (Å²) in [6, 6.07) is 8.13. The number of para-hydroxylation sites is 2. The number of amides is 1. The van der Waals surface area contributed by atoms with Crippen molar-refractivity contribution in [1.29, 1.82) is 0 Å². The Morgan fingerprint density at radius 2 is 2.04 bits per heavy atom. The number of benzene rings is 1. The van der Waals surface area contributed by atoms with Gasteiger partial charge in [0.2, 0.25) is 0 Å². The molecule has 2 aliphatic rings. The molecule has 0 bridgehead atoms. The molecule has 0 radical (unpaired) electrons. The molecular formula is C18H25N3O2S. The Bertz CT molecular complexity index is 622. The highest BCUT2D eigenvalue weighted by molar-refractivity contribution is 7.80. The first-order valence-electron chi connectivity index (χ1n) is 8.65. The van der Waals surface area contributed by atoms with Gasteiger partial charge < -0.3 is 20.3 Å².